The predicted molar refractivity (Wildman–Crippen MR) is 74.0 cm³/mol. The molecule has 3 nitrogen and oxygen atoms in total. The van der Waals surface area contributed by atoms with Crippen LogP contribution >= 0.6 is 0 Å². The van der Waals surface area contributed by atoms with E-state index < -0.39 is 0 Å². The van der Waals surface area contributed by atoms with Crippen LogP contribution in [-0.4, -0.2) is 12.7 Å². The number of rotatable bonds is 6. The molecule has 3 N–H and O–H groups in total. The highest BCUT2D eigenvalue weighted by molar-refractivity contribution is 5.26. The number of benzene rings is 1. The molecule has 0 bridgehead atoms. The van der Waals surface area contributed by atoms with Crippen molar-refractivity contribution in [3.63, 3.8) is 0 Å². The molecule has 0 amide bonds. The Morgan fingerprint density at radius 1 is 1.47 bits per heavy atom. The number of halogens is 1. The van der Waals surface area contributed by atoms with Crippen LogP contribution in [0, 0.1) is 18.7 Å². The van der Waals surface area contributed by atoms with E-state index in [0.29, 0.717) is 17.6 Å². The van der Waals surface area contributed by atoms with Crippen LogP contribution in [0.4, 0.5) is 4.39 Å². The molecule has 1 aromatic carbocycles. The first kappa shape index (κ1) is 14.4. The van der Waals surface area contributed by atoms with E-state index in [1.807, 2.05) is 19.1 Å². The molecule has 1 atom stereocenters. The molecule has 0 saturated heterocycles. The Balaban J connectivity index is 1.92. The van der Waals surface area contributed by atoms with Gasteiger partial charge in [0.1, 0.15) is 5.82 Å². The van der Waals surface area contributed by atoms with Crippen LogP contribution in [0.5, 0.6) is 0 Å². The number of aryl methyl sites for hydroxylation is 1. The van der Waals surface area contributed by atoms with Gasteiger partial charge in [0.15, 0.2) is 0 Å². The summed E-state index contributed by atoms with van der Waals surface area (Å²) in [4.78, 5) is 0. The average Bonchev–Trinajstić information content (AvgIpc) is 2.36. The van der Waals surface area contributed by atoms with Crippen molar-refractivity contribution in [1.82, 2.24) is 5.43 Å². The van der Waals surface area contributed by atoms with Crippen molar-refractivity contribution in [3.8, 4) is 0 Å². The summed E-state index contributed by atoms with van der Waals surface area (Å²) in [7, 11) is 0. The topological polar surface area (TPSA) is 47.3 Å². The molecule has 0 aliphatic heterocycles. The highest BCUT2D eigenvalue weighted by Gasteiger charge is 2.31. The molecule has 2 rings (SSSR count). The molecule has 0 heterocycles. The Morgan fingerprint density at radius 3 is 2.79 bits per heavy atom. The van der Waals surface area contributed by atoms with Gasteiger partial charge < -0.3 is 4.74 Å². The van der Waals surface area contributed by atoms with E-state index >= 15 is 0 Å². The minimum Gasteiger partial charge on any atom is -0.378 e. The molecule has 1 fully saturated rings. The SMILES string of the molecule is CCOC1CC(CC(NN)c2ccc(F)c(C)c2)C1. The minimum absolute atomic E-state index is 0.0897. The highest BCUT2D eigenvalue weighted by atomic mass is 19.1. The lowest BCUT2D eigenvalue weighted by molar-refractivity contribution is -0.0291. The van der Waals surface area contributed by atoms with E-state index in [4.69, 9.17) is 10.6 Å². The second-order valence-electron chi connectivity index (χ2n) is 5.38. The summed E-state index contributed by atoms with van der Waals surface area (Å²) >= 11 is 0. The molecule has 1 saturated carbocycles. The summed E-state index contributed by atoms with van der Waals surface area (Å²) in [6, 6.07) is 5.29. The van der Waals surface area contributed by atoms with Crippen molar-refractivity contribution in [2.24, 2.45) is 11.8 Å². The number of hydrogen-bond acceptors (Lipinski definition) is 3. The van der Waals surface area contributed by atoms with Gasteiger partial charge in [-0.05, 0) is 56.2 Å². The van der Waals surface area contributed by atoms with Gasteiger partial charge in [-0.2, -0.15) is 0 Å². The third-order valence-electron chi connectivity index (χ3n) is 3.95. The molecular weight excluding hydrogens is 243 g/mol. The van der Waals surface area contributed by atoms with E-state index in [1.165, 1.54) is 6.07 Å². The van der Waals surface area contributed by atoms with E-state index in [-0.39, 0.29) is 11.9 Å². The highest BCUT2D eigenvalue weighted by Crippen LogP contribution is 2.36. The quantitative estimate of drug-likeness (QED) is 0.615. The summed E-state index contributed by atoms with van der Waals surface area (Å²) in [5.41, 5.74) is 4.57. The number of nitrogens with two attached hydrogens (primary N) is 1. The van der Waals surface area contributed by atoms with E-state index in [1.54, 1.807) is 6.92 Å². The fraction of sp³-hybridized carbons (Fsp3) is 0.600. The lowest BCUT2D eigenvalue weighted by atomic mass is 9.77. The van der Waals surface area contributed by atoms with Gasteiger partial charge >= 0.3 is 0 Å². The van der Waals surface area contributed by atoms with Gasteiger partial charge in [0.25, 0.3) is 0 Å². The summed E-state index contributed by atoms with van der Waals surface area (Å²) < 4.78 is 18.8. The lowest BCUT2D eigenvalue weighted by Crippen LogP contribution is -2.36. The van der Waals surface area contributed by atoms with E-state index in [0.717, 1.165) is 31.4 Å². The first-order valence-electron chi connectivity index (χ1n) is 6.97. The van der Waals surface area contributed by atoms with E-state index in [2.05, 4.69) is 5.43 Å². The normalized spacial score (nSPS) is 24.0. The molecule has 0 spiro atoms. The predicted octanol–water partition coefficient (Wildman–Crippen LogP) is 2.84. The van der Waals surface area contributed by atoms with Crippen molar-refractivity contribution in [2.75, 3.05) is 6.61 Å². The Hall–Kier alpha value is -0.970. The Kier molecular flexibility index (Phi) is 4.91. The maximum absolute atomic E-state index is 13.3. The summed E-state index contributed by atoms with van der Waals surface area (Å²) in [6.45, 7) is 4.59. The van der Waals surface area contributed by atoms with Gasteiger partial charge in [0.05, 0.1) is 6.10 Å². The first-order valence-corrected chi connectivity index (χ1v) is 6.97. The Bertz CT molecular complexity index is 419. The second kappa shape index (κ2) is 6.46. The van der Waals surface area contributed by atoms with Crippen molar-refractivity contribution in [1.29, 1.82) is 0 Å². The fourth-order valence-corrected chi connectivity index (χ4v) is 2.76. The average molecular weight is 266 g/mol. The molecule has 1 aliphatic carbocycles. The van der Waals surface area contributed by atoms with Crippen LogP contribution in [0.15, 0.2) is 18.2 Å². The maximum Gasteiger partial charge on any atom is 0.126 e. The summed E-state index contributed by atoms with van der Waals surface area (Å²) in [5.74, 6) is 6.11. The number of hydrazine groups is 1. The van der Waals surface area contributed by atoms with Crippen LogP contribution in [-0.2, 0) is 4.74 Å². The lowest BCUT2D eigenvalue weighted by Gasteiger charge is -2.37. The molecule has 1 aliphatic rings. The first-order chi connectivity index (χ1) is 9.13. The van der Waals surface area contributed by atoms with Crippen LogP contribution < -0.4 is 11.3 Å². The standard InChI is InChI=1S/C15H23FN2O/c1-3-19-13-7-11(8-13)9-15(18-17)12-4-5-14(16)10(2)6-12/h4-6,11,13,15,18H,3,7-9,17H2,1-2H3. The number of ether oxygens (including phenoxy) is 1. The maximum atomic E-state index is 13.3. The third-order valence-corrected chi connectivity index (χ3v) is 3.95. The van der Waals surface area contributed by atoms with E-state index in [9.17, 15) is 4.39 Å². The monoisotopic (exact) mass is 266 g/mol. The molecular formula is C15H23FN2O. The second-order valence-corrected chi connectivity index (χ2v) is 5.38. The molecule has 0 radical (unpaired) electrons. The molecule has 1 unspecified atom stereocenters. The Morgan fingerprint density at radius 2 is 2.21 bits per heavy atom. The fourth-order valence-electron chi connectivity index (χ4n) is 2.76. The molecule has 4 heteroatoms. The zero-order valence-corrected chi connectivity index (χ0v) is 11.7. The minimum atomic E-state index is -0.167. The Labute approximate surface area is 114 Å². The zero-order valence-electron chi connectivity index (χ0n) is 11.7. The van der Waals surface area contributed by atoms with Crippen molar-refractivity contribution in [3.05, 3.63) is 35.1 Å². The van der Waals surface area contributed by atoms with Crippen LogP contribution in [0.1, 0.15) is 43.4 Å². The van der Waals surface area contributed by atoms with Crippen LogP contribution in [0.2, 0.25) is 0 Å². The molecule has 0 aromatic heterocycles. The zero-order chi connectivity index (χ0) is 13.8. The molecule has 1 aromatic rings. The van der Waals surface area contributed by atoms with Crippen molar-refractivity contribution >= 4 is 0 Å². The smallest absolute Gasteiger partial charge is 0.126 e. The summed E-state index contributed by atoms with van der Waals surface area (Å²) in [5, 5.41) is 0. The van der Waals surface area contributed by atoms with Crippen LogP contribution in [0.25, 0.3) is 0 Å². The van der Waals surface area contributed by atoms with Gasteiger partial charge in [-0.25, -0.2) is 4.39 Å². The van der Waals surface area contributed by atoms with Gasteiger partial charge in [0, 0.05) is 12.6 Å². The third kappa shape index (κ3) is 3.53. The van der Waals surface area contributed by atoms with Gasteiger partial charge in [-0.15, -0.1) is 0 Å². The van der Waals surface area contributed by atoms with Crippen molar-refractivity contribution in [2.45, 2.75) is 45.3 Å². The molecule has 106 valence electrons. The van der Waals surface area contributed by atoms with Crippen molar-refractivity contribution < 1.29 is 9.13 Å². The largest absolute Gasteiger partial charge is 0.378 e. The van der Waals surface area contributed by atoms with Gasteiger partial charge in [0.2, 0.25) is 0 Å². The van der Waals surface area contributed by atoms with Crippen LogP contribution in [0.3, 0.4) is 0 Å². The molecule has 19 heavy (non-hydrogen) atoms. The summed E-state index contributed by atoms with van der Waals surface area (Å²) in [6.07, 6.45) is 3.60. The number of nitrogens with one attached hydrogen (secondary N) is 1. The number of hydrogen-bond donors (Lipinski definition) is 2. The van der Waals surface area contributed by atoms with Gasteiger partial charge in [-0.1, -0.05) is 12.1 Å². The van der Waals surface area contributed by atoms with Gasteiger partial charge in [-0.3, -0.25) is 11.3 Å².